The van der Waals surface area contributed by atoms with Crippen LogP contribution in [0.1, 0.15) is 148 Å². The van der Waals surface area contributed by atoms with Gasteiger partial charge in [0.15, 0.2) is 0 Å². The van der Waals surface area contributed by atoms with E-state index in [1.807, 2.05) is 0 Å². The Morgan fingerprint density at radius 3 is 1.25 bits per heavy atom. The van der Waals surface area contributed by atoms with Crippen molar-refractivity contribution in [2.24, 2.45) is 0 Å². The minimum atomic E-state index is -0.714. The number of aliphatic hydroxyl groups excluding tert-OH is 1. The second-order valence-corrected chi connectivity index (χ2v) is 8.74. The number of aliphatic carboxylic acids is 1. The molecule has 0 aromatic rings. The maximum atomic E-state index is 10.4. The molecular formula is C25H50O3. The number of carboxylic acid groups (broad SMARTS) is 1. The summed E-state index contributed by atoms with van der Waals surface area (Å²) in [6, 6.07) is 0. The highest BCUT2D eigenvalue weighted by molar-refractivity contribution is 5.66. The molecule has 0 aliphatic rings. The maximum absolute atomic E-state index is 10.4. The summed E-state index contributed by atoms with van der Waals surface area (Å²) in [6.07, 6.45) is 26.5. The zero-order chi connectivity index (χ0) is 20.7. The average molecular weight is 399 g/mol. The molecule has 0 aromatic carbocycles. The summed E-state index contributed by atoms with van der Waals surface area (Å²) in [5, 5.41) is 18.5. The fourth-order valence-corrected chi connectivity index (χ4v) is 3.91. The minimum absolute atomic E-state index is 0.184. The van der Waals surface area contributed by atoms with Crippen molar-refractivity contribution in [3.63, 3.8) is 0 Å². The van der Waals surface area contributed by atoms with Crippen LogP contribution < -0.4 is 0 Å². The standard InChI is InChI=1S/C25H50O3/c1-2-3-4-5-6-7-8-9-10-11-12-13-14-15-16-18-21-24(26)22-19-17-20-23-25(27)28/h24,26H,2-23H2,1H3,(H,27,28). The molecule has 0 aromatic heterocycles. The zero-order valence-corrected chi connectivity index (χ0v) is 18.9. The Labute approximate surface area is 175 Å². The summed E-state index contributed by atoms with van der Waals surface area (Å²) >= 11 is 0. The fraction of sp³-hybridized carbons (Fsp3) is 0.960. The van der Waals surface area contributed by atoms with Crippen LogP contribution in [0, 0.1) is 0 Å². The lowest BCUT2D eigenvalue weighted by molar-refractivity contribution is -0.137. The number of carboxylic acids is 1. The Hall–Kier alpha value is -0.570. The number of rotatable bonds is 23. The topological polar surface area (TPSA) is 57.5 Å². The molecule has 1 unspecified atom stereocenters. The molecule has 0 amide bonds. The van der Waals surface area contributed by atoms with E-state index < -0.39 is 5.97 Å². The molecule has 0 heterocycles. The minimum Gasteiger partial charge on any atom is -0.481 e. The molecule has 0 saturated carbocycles. The lowest BCUT2D eigenvalue weighted by atomic mass is 10.0. The van der Waals surface area contributed by atoms with Gasteiger partial charge < -0.3 is 10.2 Å². The van der Waals surface area contributed by atoms with Gasteiger partial charge in [-0.15, -0.1) is 0 Å². The molecule has 3 heteroatoms. The summed E-state index contributed by atoms with van der Waals surface area (Å²) in [6.45, 7) is 2.28. The van der Waals surface area contributed by atoms with E-state index in [-0.39, 0.29) is 12.5 Å². The average Bonchev–Trinajstić information content (AvgIpc) is 2.67. The summed E-state index contributed by atoms with van der Waals surface area (Å²) in [4.78, 5) is 10.4. The van der Waals surface area contributed by atoms with E-state index in [0.29, 0.717) is 0 Å². The molecule has 28 heavy (non-hydrogen) atoms. The van der Waals surface area contributed by atoms with Gasteiger partial charge in [-0.1, -0.05) is 122 Å². The third-order valence-corrected chi connectivity index (χ3v) is 5.82. The molecule has 1 atom stereocenters. The van der Waals surface area contributed by atoms with Gasteiger partial charge in [0.05, 0.1) is 6.10 Å². The molecule has 0 fully saturated rings. The van der Waals surface area contributed by atoms with Crippen LogP contribution in [0.3, 0.4) is 0 Å². The molecule has 0 spiro atoms. The van der Waals surface area contributed by atoms with Gasteiger partial charge in [-0.05, 0) is 19.3 Å². The predicted octanol–water partition coefficient (Wildman–Crippen LogP) is 8.03. The quantitative estimate of drug-likeness (QED) is 0.171. The van der Waals surface area contributed by atoms with Crippen LogP contribution in [0.5, 0.6) is 0 Å². The van der Waals surface area contributed by atoms with Gasteiger partial charge in [0.25, 0.3) is 0 Å². The van der Waals surface area contributed by atoms with Crippen molar-refractivity contribution in [3.8, 4) is 0 Å². The second kappa shape index (κ2) is 22.7. The van der Waals surface area contributed by atoms with Crippen LogP contribution in [0.15, 0.2) is 0 Å². The third-order valence-electron chi connectivity index (χ3n) is 5.82. The highest BCUT2D eigenvalue weighted by Gasteiger charge is 2.04. The van der Waals surface area contributed by atoms with E-state index in [1.165, 1.54) is 96.3 Å². The van der Waals surface area contributed by atoms with Crippen molar-refractivity contribution in [1.82, 2.24) is 0 Å². The van der Waals surface area contributed by atoms with Crippen molar-refractivity contribution in [2.45, 2.75) is 154 Å². The van der Waals surface area contributed by atoms with Gasteiger partial charge in [0.2, 0.25) is 0 Å². The molecule has 168 valence electrons. The molecule has 3 nitrogen and oxygen atoms in total. The number of hydrogen-bond acceptors (Lipinski definition) is 2. The van der Waals surface area contributed by atoms with Crippen LogP contribution in [0.25, 0.3) is 0 Å². The van der Waals surface area contributed by atoms with E-state index >= 15 is 0 Å². The molecule has 0 radical (unpaired) electrons. The zero-order valence-electron chi connectivity index (χ0n) is 18.9. The lowest BCUT2D eigenvalue weighted by Crippen LogP contribution is -2.06. The summed E-state index contributed by atoms with van der Waals surface area (Å²) in [5.41, 5.74) is 0. The van der Waals surface area contributed by atoms with Crippen molar-refractivity contribution in [3.05, 3.63) is 0 Å². The number of carbonyl (C=O) groups is 1. The molecule has 0 aliphatic heterocycles. The Morgan fingerprint density at radius 1 is 0.571 bits per heavy atom. The highest BCUT2D eigenvalue weighted by Crippen LogP contribution is 2.15. The van der Waals surface area contributed by atoms with Gasteiger partial charge >= 0.3 is 5.97 Å². The van der Waals surface area contributed by atoms with Gasteiger partial charge in [-0.2, -0.15) is 0 Å². The molecule has 0 rings (SSSR count). The van der Waals surface area contributed by atoms with Crippen LogP contribution in [-0.4, -0.2) is 22.3 Å². The Kier molecular flexibility index (Phi) is 22.3. The molecule has 2 N–H and O–H groups in total. The number of aliphatic hydroxyl groups is 1. The van der Waals surface area contributed by atoms with Crippen LogP contribution in [0.2, 0.25) is 0 Å². The maximum Gasteiger partial charge on any atom is 0.303 e. The van der Waals surface area contributed by atoms with E-state index in [0.717, 1.165) is 38.5 Å². The Morgan fingerprint density at radius 2 is 0.893 bits per heavy atom. The smallest absolute Gasteiger partial charge is 0.303 e. The summed E-state index contributed by atoms with van der Waals surface area (Å²) < 4.78 is 0. The third kappa shape index (κ3) is 23.5. The largest absolute Gasteiger partial charge is 0.481 e. The van der Waals surface area contributed by atoms with Crippen LogP contribution in [0.4, 0.5) is 0 Å². The van der Waals surface area contributed by atoms with E-state index in [2.05, 4.69) is 6.92 Å². The SMILES string of the molecule is CCCCCCCCCCCCCCCCCCC(O)CCCCCC(=O)O. The number of unbranched alkanes of at least 4 members (excludes halogenated alkanes) is 17. The first kappa shape index (κ1) is 27.4. The second-order valence-electron chi connectivity index (χ2n) is 8.74. The highest BCUT2D eigenvalue weighted by atomic mass is 16.4. The first-order valence-electron chi connectivity index (χ1n) is 12.6. The van der Waals surface area contributed by atoms with Crippen molar-refractivity contribution < 1.29 is 15.0 Å². The van der Waals surface area contributed by atoms with E-state index in [9.17, 15) is 9.90 Å². The Balaban J connectivity index is 3.12. The summed E-state index contributed by atoms with van der Waals surface area (Å²) in [5.74, 6) is -0.714. The van der Waals surface area contributed by atoms with E-state index in [4.69, 9.17) is 5.11 Å². The first-order valence-corrected chi connectivity index (χ1v) is 12.6. The predicted molar refractivity (Wildman–Crippen MR) is 121 cm³/mol. The van der Waals surface area contributed by atoms with Gasteiger partial charge in [0, 0.05) is 6.42 Å². The lowest BCUT2D eigenvalue weighted by Gasteiger charge is -2.10. The molecular weight excluding hydrogens is 348 g/mol. The van der Waals surface area contributed by atoms with Crippen LogP contribution in [-0.2, 0) is 4.79 Å². The van der Waals surface area contributed by atoms with Crippen molar-refractivity contribution in [1.29, 1.82) is 0 Å². The first-order chi connectivity index (χ1) is 13.7. The molecule has 0 saturated heterocycles. The summed E-state index contributed by atoms with van der Waals surface area (Å²) in [7, 11) is 0. The molecule has 0 bridgehead atoms. The normalized spacial score (nSPS) is 12.4. The molecule has 0 aliphatic carbocycles. The van der Waals surface area contributed by atoms with Crippen molar-refractivity contribution >= 4 is 5.97 Å². The van der Waals surface area contributed by atoms with Gasteiger partial charge in [0.1, 0.15) is 0 Å². The Bertz CT molecular complexity index is 317. The van der Waals surface area contributed by atoms with Gasteiger partial charge in [-0.3, -0.25) is 4.79 Å². The van der Waals surface area contributed by atoms with Crippen molar-refractivity contribution in [2.75, 3.05) is 0 Å². The van der Waals surface area contributed by atoms with Gasteiger partial charge in [-0.25, -0.2) is 0 Å². The van der Waals surface area contributed by atoms with E-state index in [1.54, 1.807) is 0 Å². The van der Waals surface area contributed by atoms with Crippen LogP contribution >= 0.6 is 0 Å². The fourth-order valence-electron chi connectivity index (χ4n) is 3.91. The number of hydrogen-bond donors (Lipinski definition) is 2. The monoisotopic (exact) mass is 398 g/mol.